The fraction of sp³-hybridized carbons (Fsp3) is 0.600. The molecule has 1 aromatic rings. The van der Waals surface area contributed by atoms with Crippen LogP contribution < -0.4 is 5.32 Å². The summed E-state index contributed by atoms with van der Waals surface area (Å²) in [6.07, 6.45) is 4.41. The Kier molecular flexibility index (Phi) is 5.65. The minimum Gasteiger partial charge on any atom is -0.386 e. The van der Waals surface area contributed by atoms with Gasteiger partial charge in [-0.1, -0.05) is 36.8 Å². The first-order valence-corrected chi connectivity index (χ1v) is 6.90. The third-order valence-corrected chi connectivity index (χ3v) is 3.48. The third-order valence-electron chi connectivity index (χ3n) is 3.48. The minimum absolute atomic E-state index is 0.386. The molecule has 0 saturated carbocycles. The first-order valence-electron chi connectivity index (χ1n) is 6.90. The highest BCUT2D eigenvalue weighted by Crippen LogP contribution is 2.13. The molecule has 0 spiro atoms. The van der Waals surface area contributed by atoms with Gasteiger partial charge in [-0.05, 0) is 31.4 Å². The largest absolute Gasteiger partial charge is 0.386 e. The van der Waals surface area contributed by atoms with Crippen molar-refractivity contribution in [1.29, 1.82) is 0 Å². The number of piperidine rings is 1. The van der Waals surface area contributed by atoms with Crippen LogP contribution >= 0.6 is 0 Å². The Hall–Kier alpha value is -0.900. The average Bonchev–Trinajstić information content (AvgIpc) is 2.45. The van der Waals surface area contributed by atoms with E-state index < -0.39 is 6.10 Å². The van der Waals surface area contributed by atoms with Gasteiger partial charge in [0.15, 0.2) is 0 Å². The van der Waals surface area contributed by atoms with E-state index in [0.29, 0.717) is 12.6 Å². The predicted octanol–water partition coefficient (Wildman–Crippen LogP) is 2.27. The molecule has 2 unspecified atom stereocenters. The highest BCUT2D eigenvalue weighted by molar-refractivity contribution is 5.17. The number of ether oxygens (including phenoxy) is 1. The number of aliphatic hydroxyl groups excluding tert-OH is 1. The summed E-state index contributed by atoms with van der Waals surface area (Å²) >= 11 is 0. The Morgan fingerprint density at radius 3 is 2.83 bits per heavy atom. The molecule has 0 amide bonds. The molecular weight excluding hydrogens is 226 g/mol. The van der Waals surface area contributed by atoms with E-state index in [9.17, 15) is 5.11 Å². The number of nitrogens with one attached hydrogen (secondary N) is 1. The second-order valence-corrected chi connectivity index (χ2v) is 4.94. The lowest BCUT2D eigenvalue weighted by Crippen LogP contribution is -2.34. The van der Waals surface area contributed by atoms with E-state index in [1.54, 1.807) is 0 Å². The number of rotatable bonds is 6. The van der Waals surface area contributed by atoms with Crippen molar-refractivity contribution >= 4 is 0 Å². The maximum Gasteiger partial charge on any atom is 0.102 e. The first-order chi connectivity index (χ1) is 8.86. The van der Waals surface area contributed by atoms with Gasteiger partial charge in [0.25, 0.3) is 0 Å². The average molecular weight is 249 g/mol. The standard InChI is InChI=1S/C15H23NO2/c17-15(13-6-2-1-3-7-13)12-18-11-9-14-8-4-5-10-16-14/h1-3,6-7,14-17H,4-5,8-12H2. The Bertz CT molecular complexity index is 323. The van der Waals surface area contributed by atoms with Gasteiger partial charge >= 0.3 is 0 Å². The smallest absolute Gasteiger partial charge is 0.102 e. The van der Waals surface area contributed by atoms with E-state index in [0.717, 1.165) is 25.1 Å². The Morgan fingerprint density at radius 1 is 1.28 bits per heavy atom. The van der Waals surface area contributed by atoms with Gasteiger partial charge in [0.05, 0.1) is 6.61 Å². The van der Waals surface area contributed by atoms with Crippen molar-refractivity contribution in [3.05, 3.63) is 35.9 Å². The zero-order valence-corrected chi connectivity index (χ0v) is 10.8. The molecule has 0 bridgehead atoms. The van der Waals surface area contributed by atoms with E-state index in [4.69, 9.17) is 4.74 Å². The maximum absolute atomic E-state index is 9.92. The summed E-state index contributed by atoms with van der Waals surface area (Å²) in [7, 11) is 0. The lowest BCUT2D eigenvalue weighted by atomic mass is 10.0. The Balaban J connectivity index is 1.60. The van der Waals surface area contributed by atoms with E-state index in [1.807, 2.05) is 30.3 Å². The summed E-state index contributed by atoms with van der Waals surface area (Å²) in [6, 6.07) is 10.3. The molecule has 2 atom stereocenters. The van der Waals surface area contributed by atoms with E-state index in [1.165, 1.54) is 19.3 Å². The summed E-state index contributed by atoms with van der Waals surface area (Å²) in [5, 5.41) is 13.4. The van der Waals surface area contributed by atoms with Crippen LogP contribution in [0.3, 0.4) is 0 Å². The highest BCUT2D eigenvalue weighted by Gasteiger charge is 2.12. The Labute approximate surface area is 109 Å². The molecule has 1 heterocycles. The molecule has 1 aliphatic rings. The number of hydrogen-bond donors (Lipinski definition) is 2. The van der Waals surface area contributed by atoms with Crippen LogP contribution in [0.15, 0.2) is 30.3 Å². The molecule has 0 aliphatic carbocycles. The fourth-order valence-corrected chi connectivity index (χ4v) is 2.36. The van der Waals surface area contributed by atoms with Crippen molar-refractivity contribution in [2.24, 2.45) is 0 Å². The van der Waals surface area contributed by atoms with Crippen LogP contribution in [0, 0.1) is 0 Å². The minimum atomic E-state index is -0.509. The van der Waals surface area contributed by atoms with Crippen LogP contribution in [0.1, 0.15) is 37.4 Å². The third kappa shape index (κ3) is 4.41. The molecule has 3 nitrogen and oxygen atoms in total. The molecule has 1 saturated heterocycles. The van der Waals surface area contributed by atoms with Gasteiger partial charge in [-0.25, -0.2) is 0 Å². The van der Waals surface area contributed by atoms with Gasteiger partial charge in [0.2, 0.25) is 0 Å². The van der Waals surface area contributed by atoms with Crippen LogP contribution in [-0.2, 0) is 4.74 Å². The monoisotopic (exact) mass is 249 g/mol. The van der Waals surface area contributed by atoms with Crippen molar-refractivity contribution in [1.82, 2.24) is 5.32 Å². The maximum atomic E-state index is 9.92. The molecule has 2 rings (SSSR count). The molecule has 100 valence electrons. The van der Waals surface area contributed by atoms with Crippen LogP contribution in [0.5, 0.6) is 0 Å². The number of benzene rings is 1. The molecule has 1 aliphatic heterocycles. The van der Waals surface area contributed by atoms with Gasteiger partial charge in [-0.3, -0.25) is 0 Å². The normalized spacial score (nSPS) is 21.7. The molecule has 0 radical (unpaired) electrons. The van der Waals surface area contributed by atoms with Gasteiger partial charge < -0.3 is 15.2 Å². The van der Waals surface area contributed by atoms with Crippen LogP contribution in [-0.4, -0.2) is 30.9 Å². The van der Waals surface area contributed by atoms with Crippen LogP contribution in [0.4, 0.5) is 0 Å². The van der Waals surface area contributed by atoms with Crippen LogP contribution in [0.2, 0.25) is 0 Å². The van der Waals surface area contributed by atoms with E-state index in [2.05, 4.69) is 5.32 Å². The Morgan fingerprint density at radius 2 is 2.11 bits per heavy atom. The van der Waals surface area contributed by atoms with Crippen molar-refractivity contribution in [3.63, 3.8) is 0 Å². The SMILES string of the molecule is OC(COCCC1CCCCN1)c1ccccc1. The van der Waals surface area contributed by atoms with E-state index in [-0.39, 0.29) is 0 Å². The topological polar surface area (TPSA) is 41.5 Å². The second-order valence-electron chi connectivity index (χ2n) is 4.94. The van der Waals surface area contributed by atoms with Crippen molar-refractivity contribution < 1.29 is 9.84 Å². The number of hydrogen-bond acceptors (Lipinski definition) is 3. The molecule has 3 heteroatoms. The molecule has 1 fully saturated rings. The lowest BCUT2D eigenvalue weighted by Gasteiger charge is -2.23. The summed E-state index contributed by atoms with van der Waals surface area (Å²) < 4.78 is 5.56. The van der Waals surface area contributed by atoms with Crippen molar-refractivity contribution in [2.45, 2.75) is 37.8 Å². The highest BCUT2D eigenvalue weighted by atomic mass is 16.5. The van der Waals surface area contributed by atoms with Gasteiger partial charge in [-0.2, -0.15) is 0 Å². The second kappa shape index (κ2) is 7.52. The lowest BCUT2D eigenvalue weighted by molar-refractivity contribution is 0.0315. The molecule has 2 N–H and O–H groups in total. The van der Waals surface area contributed by atoms with Gasteiger partial charge in [-0.15, -0.1) is 0 Å². The number of aliphatic hydroxyl groups is 1. The zero-order chi connectivity index (χ0) is 12.6. The van der Waals surface area contributed by atoms with Gasteiger partial charge in [0, 0.05) is 12.6 Å². The molecule has 18 heavy (non-hydrogen) atoms. The van der Waals surface area contributed by atoms with Crippen molar-refractivity contribution in [3.8, 4) is 0 Å². The summed E-state index contributed by atoms with van der Waals surface area (Å²) in [4.78, 5) is 0. The molecule has 0 aromatic heterocycles. The summed E-state index contributed by atoms with van der Waals surface area (Å²) in [6.45, 7) is 2.25. The predicted molar refractivity (Wildman–Crippen MR) is 72.5 cm³/mol. The fourth-order valence-electron chi connectivity index (χ4n) is 2.36. The van der Waals surface area contributed by atoms with Gasteiger partial charge in [0.1, 0.15) is 6.10 Å². The molecular formula is C15H23NO2. The molecule has 1 aromatic carbocycles. The van der Waals surface area contributed by atoms with Crippen molar-refractivity contribution in [2.75, 3.05) is 19.8 Å². The zero-order valence-electron chi connectivity index (χ0n) is 10.8. The van der Waals surface area contributed by atoms with Crippen LogP contribution in [0.25, 0.3) is 0 Å². The van der Waals surface area contributed by atoms with E-state index >= 15 is 0 Å². The summed E-state index contributed by atoms with van der Waals surface area (Å²) in [5.74, 6) is 0. The first kappa shape index (κ1) is 13.5. The summed E-state index contributed by atoms with van der Waals surface area (Å²) in [5.41, 5.74) is 0.924. The quantitative estimate of drug-likeness (QED) is 0.760.